The molecule has 0 amide bonds. The lowest BCUT2D eigenvalue weighted by Crippen LogP contribution is -2.33. The number of aromatic nitrogens is 1. The first-order valence-electron chi connectivity index (χ1n) is 6.40. The Labute approximate surface area is 113 Å². The lowest BCUT2D eigenvalue weighted by molar-refractivity contribution is 0.277. The van der Waals surface area contributed by atoms with Crippen LogP contribution >= 0.6 is 15.9 Å². The van der Waals surface area contributed by atoms with E-state index in [1.165, 1.54) is 18.4 Å². The molecular weight excluding hydrogens is 276 g/mol. The number of nitrogens with zero attached hydrogens (tertiary/aromatic N) is 1. The first-order chi connectivity index (χ1) is 8.09. The van der Waals surface area contributed by atoms with Crippen LogP contribution in [0.15, 0.2) is 22.9 Å². The fourth-order valence-electron chi connectivity index (χ4n) is 2.31. The van der Waals surface area contributed by atoms with E-state index in [4.69, 9.17) is 0 Å². The third-order valence-electron chi connectivity index (χ3n) is 3.05. The number of nitrogens with one attached hydrogen (secondary N) is 1. The zero-order chi connectivity index (χ0) is 12.7. The summed E-state index contributed by atoms with van der Waals surface area (Å²) in [7, 11) is 0. The summed E-state index contributed by atoms with van der Waals surface area (Å²) in [5.41, 5.74) is 1.64. The van der Waals surface area contributed by atoms with E-state index < -0.39 is 0 Å². The molecule has 1 N–H and O–H groups in total. The Kier molecular flexibility index (Phi) is 6.14. The van der Waals surface area contributed by atoms with Crippen molar-refractivity contribution in [1.82, 2.24) is 10.3 Å². The molecule has 96 valence electrons. The maximum atomic E-state index is 4.24. The monoisotopic (exact) mass is 298 g/mol. The predicted octanol–water partition coefficient (Wildman–Crippen LogP) is 3.80. The molecule has 0 saturated carbocycles. The van der Waals surface area contributed by atoms with Crippen LogP contribution in [-0.4, -0.2) is 18.1 Å². The van der Waals surface area contributed by atoms with Gasteiger partial charge in [-0.1, -0.05) is 27.2 Å². The smallest absolute Gasteiger partial charge is 0.0410 e. The summed E-state index contributed by atoms with van der Waals surface area (Å²) in [6, 6.07) is 2.17. The standard InChI is InChI=1S/C14H23BrN2/c1-4-6-14(3,11-16-5-2)8-12-7-13(15)10-17-9-12/h7,9-10,16H,4-6,8,11H2,1-3H3. The molecule has 2 nitrogen and oxygen atoms in total. The van der Waals surface area contributed by atoms with Gasteiger partial charge in [0.1, 0.15) is 0 Å². The number of hydrogen-bond donors (Lipinski definition) is 1. The minimum Gasteiger partial charge on any atom is -0.316 e. The molecule has 1 unspecified atom stereocenters. The highest BCUT2D eigenvalue weighted by atomic mass is 79.9. The van der Waals surface area contributed by atoms with Crippen molar-refractivity contribution in [3.05, 3.63) is 28.5 Å². The van der Waals surface area contributed by atoms with Crippen molar-refractivity contribution in [2.75, 3.05) is 13.1 Å². The van der Waals surface area contributed by atoms with Gasteiger partial charge in [-0.25, -0.2) is 0 Å². The average Bonchev–Trinajstić information content (AvgIpc) is 2.27. The Bertz CT molecular complexity index is 341. The molecule has 0 aliphatic heterocycles. The normalized spacial score (nSPS) is 14.6. The minimum absolute atomic E-state index is 0.327. The molecule has 17 heavy (non-hydrogen) atoms. The summed E-state index contributed by atoms with van der Waals surface area (Å²) in [4.78, 5) is 4.24. The lowest BCUT2D eigenvalue weighted by atomic mass is 9.80. The summed E-state index contributed by atoms with van der Waals surface area (Å²) in [5.74, 6) is 0. The number of halogens is 1. The van der Waals surface area contributed by atoms with E-state index in [-0.39, 0.29) is 0 Å². The Morgan fingerprint density at radius 2 is 2.12 bits per heavy atom. The second kappa shape index (κ2) is 7.12. The summed E-state index contributed by atoms with van der Waals surface area (Å²) >= 11 is 3.48. The van der Waals surface area contributed by atoms with Crippen LogP contribution in [0, 0.1) is 5.41 Å². The van der Waals surface area contributed by atoms with Crippen LogP contribution in [0.4, 0.5) is 0 Å². The lowest BCUT2D eigenvalue weighted by Gasteiger charge is -2.29. The Morgan fingerprint density at radius 3 is 2.71 bits per heavy atom. The molecular formula is C14H23BrN2. The molecule has 1 aromatic rings. The van der Waals surface area contributed by atoms with Gasteiger partial charge in [-0.15, -0.1) is 0 Å². The fourth-order valence-corrected chi connectivity index (χ4v) is 2.73. The average molecular weight is 299 g/mol. The SMILES string of the molecule is CCCC(C)(CNCC)Cc1cncc(Br)c1. The van der Waals surface area contributed by atoms with Gasteiger partial charge in [-0.3, -0.25) is 4.98 Å². The van der Waals surface area contributed by atoms with Crippen molar-refractivity contribution in [3.8, 4) is 0 Å². The molecule has 0 aromatic carbocycles. The van der Waals surface area contributed by atoms with Gasteiger partial charge in [0.2, 0.25) is 0 Å². The molecule has 0 radical (unpaired) electrons. The van der Waals surface area contributed by atoms with Crippen molar-refractivity contribution < 1.29 is 0 Å². The van der Waals surface area contributed by atoms with E-state index in [0.717, 1.165) is 24.0 Å². The minimum atomic E-state index is 0.327. The van der Waals surface area contributed by atoms with E-state index in [0.29, 0.717) is 5.41 Å². The molecule has 0 saturated heterocycles. The molecule has 0 bridgehead atoms. The van der Waals surface area contributed by atoms with Gasteiger partial charge in [0.05, 0.1) is 0 Å². The highest BCUT2D eigenvalue weighted by Gasteiger charge is 2.23. The Morgan fingerprint density at radius 1 is 1.35 bits per heavy atom. The summed E-state index contributed by atoms with van der Waals surface area (Å²) in [6.45, 7) is 8.89. The van der Waals surface area contributed by atoms with Crippen LogP contribution in [0.25, 0.3) is 0 Å². The summed E-state index contributed by atoms with van der Waals surface area (Å²) < 4.78 is 1.07. The highest BCUT2D eigenvalue weighted by Crippen LogP contribution is 2.28. The van der Waals surface area contributed by atoms with Crippen molar-refractivity contribution in [3.63, 3.8) is 0 Å². The summed E-state index contributed by atoms with van der Waals surface area (Å²) in [5, 5.41) is 3.48. The zero-order valence-corrected chi connectivity index (χ0v) is 12.7. The van der Waals surface area contributed by atoms with Crippen molar-refractivity contribution in [2.45, 2.75) is 40.0 Å². The number of rotatable bonds is 7. The third kappa shape index (κ3) is 5.17. The molecule has 3 heteroatoms. The first kappa shape index (κ1) is 14.7. The van der Waals surface area contributed by atoms with Gasteiger partial charge in [-0.2, -0.15) is 0 Å². The largest absolute Gasteiger partial charge is 0.316 e. The van der Waals surface area contributed by atoms with E-state index in [1.54, 1.807) is 0 Å². The molecule has 0 fully saturated rings. The molecule has 1 aromatic heterocycles. The molecule has 1 rings (SSSR count). The van der Waals surface area contributed by atoms with Crippen LogP contribution in [0.2, 0.25) is 0 Å². The topological polar surface area (TPSA) is 24.9 Å². The fraction of sp³-hybridized carbons (Fsp3) is 0.643. The Balaban J connectivity index is 2.71. The molecule has 1 atom stereocenters. The third-order valence-corrected chi connectivity index (χ3v) is 3.48. The van der Waals surface area contributed by atoms with E-state index in [1.807, 2.05) is 12.4 Å². The van der Waals surface area contributed by atoms with Gasteiger partial charge >= 0.3 is 0 Å². The van der Waals surface area contributed by atoms with Gasteiger partial charge in [0.15, 0.2) is 0 Å². The second-order valence-electron chi connectivity index (χ2n) is 5.03. The first-order valence-corrected chi connectivity index (χ1v) is 7.19. The van der Waals surface area contributed by atoms with Crippen LogP contribution in [0.5, 0.6) is 0 Å². The molecule has 0 spiro atoms. The zero-order valence-electron chi connectivity index (χ0n) is 11.1. The van der Waals surface area contributed by atoms with E-state index in [2.05, 4.69) is 53.1 Å². The quantitative estimate of drug-likeness (QED) is 0.828. The van der Waals surface area contributed by atoms with Crippen molar-refractivity contribution in [2.24, 2.45) is 5.41 Å². The highest BCUT2D eigenvalue weighted by molar-refractivity contribution is 9.10. The predicted molar refractivity (Wildman–Crippen MR) is 77.2 cm³/mol. The van der Waals surface area contributed by atoms with Crippen LogP contribution < -0.4 is 5.32 Å². The molecule has 0 aliphatic carbocycles. The van der Waals surface area contributed by atoms with Gasteiger partial charge in [0, 0.05) is 23.4 Å². The van der Waals surface area contributed by atoms with Crippen molar-refractivity contribution >= 4 is 15.9 Å². The summed E-state index contributed by atoms with van der Waals surface area (Å²) in [6.07, 6.45) is 7.37. The number of hydrogen-bond acceptors (Lipinski definition) is 2. The molecule has 1 heterocycles. The maximum absolute atomic E-state index is 4.24. The maximum Gasteiger partial charge on any atom is 0.0410 e. The van der Waals surface area contributed by atoms with E-state index in [9.17, 15) is 0 Å². The van der Waals surface area contributed by atoms with Gasteiger partial charge in [0.25, 0.3) is 0 Å². The second-order valence-corrected chi connectivity index (χ2v) is 5.94. The van der Waals surface area contributed by atoms with Crippen LogP contribution in [0.3, 0.4) is 0 Å². The van der Waals surface area contributed by atoms with Crippen LogP contribution in [0.1, 0.15) is 39.2 Å². The number of pyridine rings is 1. The van der Waals surface area contributed by atoms with E-state index >= 15 is 0 Å². The van der Waals surface area contributed by atoms with Gasteiger partial charge < -0.3 is 5.32 Å². The van der Waals surface area contributed by atoms with Crippen molar-refractivity contribution in [1.29, 1.82) is 0 Å². The van der Waals surface area contributed by atoms with Crippen LogP contribution in [-0.2, 0) is 6.42 Å². The van der Waals surface area contributed by atoms with Gasteiger partial charge in [-0.05, 0) is 52.4 Å². The Hall–Kier alpha value is -0.410. The molecule has 0 aliphatic rings.